The molecule has 10 nitrogen and oxygen atoms in total. The van der Waals surface area contributed by atoms with Crippen LogP contribution in [0.5, 0.6) is 0 Å². The van der Waals surface area contributed by atoms with E-state index < -0.39 is 17.9 Å². The second-order valence-corrected chi connectivity index (χ2v) is 7.95. The van der Waals surface area contributed by atoms with Gasteiger partial charge in [-0.3, -0.25) is 9.59 Å². The number of esters is 2. The Kier molecular flexibility index (Phi) is 6.49. The highest BCUT2D eigenvalue weighted by Crippen LogP contribution is 2.30. The number of furan rings is 1. The van der Waals surface area contributed by atoms with Gasteiger partial charge in [0.2, 0.25) is 11.6 Å². The first-order valence-electron chi connectivity index (χ1n) is 11.1. The van der Waals surface area contributed by atoms with Crippen molar-refractivity contribution in [1.82, 2.24) is 9.97 Å². The number of aryl methyl sites for hydroxylation is 2. The molecule has 4 rings (SSSR count). The number of rotatable bonds is 7. The first-order chi connectivity index (χ1) is 16.3. The molecule has 1 saturated heterocycles. The number of nitrogens with two attached hydrogens (primary N) is 1. The Labute approximate surface area is 196 Å². The third-order valence-electron chi connectivity index (χ3n) is 5.75. The summed E-state index contributed by atoms with van der Waals surface area (Å²) < 4.78 is 16.0. The monoisotopic (exact) mass is 466 g/mol. The van der Waals surface area contributed by atoms with Crippen molar-refractivity contribution < 1.29 is 28.3 Å². The van der Waals surface area contributed by atoms with Gasteiger partial charge in [-0.05, 0) is 31.9 Å². The second kappa shape index (κ2) is 9.50. The third kappa shape index (κ3) is 4.30. The number of ether oxygens (including phenoxy) is 2. The number of carbonyl (C=O) groups excluding carboxylic acids is 3. The molecule has 34 heavy (non-hydrogen) atoms. The van der Waals surface area contributed by atoms with Crippen molar-refractivity contribution in [1.29, 1.82) is 0 Å². The summed E-state index contributed by atoms with van der Waals surface area (Å²) in [6.07, 6.45) is 0.847. The number of hydrogen-bond acceptors (Lipinski definition) is 9. The van der Waals surface area contributed by atoms with Crippen molar-refractivity contribution in [3.8, 4) is 0 Å². The number of hydrogen-bond donors (Lipinski definition) is 1. The van der Waals surface area contributed by atoms with E-state index in [9.17, 15) is 14.4 Å². The summed E-state index contributed by atoms with van der Waals surface area (Å²) in [5, 5.41) is 0.262. The van der Waals surface area contributed by atoms with Gasteiger partial charge in [0.15, 0.2) is 12.4 Å². The van der Waals surface area contributed by atoms with Crippen LogP contribution in [0, 0.1) is 12.8 Å². The zero-order valence-corrected chi connectivity index (χ0v) is 19.3. The Morgan fingerprint density at radius 2 is 1.97 bits per heavy atom. The summed E-state index contributed by atoms with van der Waals surface area (Å²) in [4.78, 5) is 47.6. The number of nitrogen functional groups attached to an aromatic ring is 1. The molecule has 0 bridgehead atoms. The van der Waals surface area contributed by atoms with Crippen LogP contribution >= 0.6 is 0 Å². The lowest BCUT2D eigenvalue weighted by atomic mass is 10.1. The summed E-state index contributed by atoms with van der Waals surface area (Å²) in [6, 6.07) is 7.64. The average molecular weight is 466 g/mol. The van der Waals surface area contributed by atoms with Crippen LogP contribution in [0.2, 0.25) is 0 Å². The molecule has 2 aromatic heterocycles. The summed E-state index contributed by atoms with van der Waals surface area (Å²) >= 11 is 0. The minimum atomic E-state index is -0.597. The molecular weight excluding hydrogens is 440 g/mol. The SMILES string of the molecule is CCOC(=O)c1c(C)oc2nc(COC(=O)C3CC(=O)N(c4ccccc4CC)C3)nc(N)c12. The number of benzene rings is 1. The number of aromatic nitrogens is 2. The molecule has 0 radical (unpaired) electrons. The minimum absolute atomic E-state index is 0.0225. The molecule has 1 atom stereocenters. The highest BCUT2D eigenvalue weighted by atomic mass is 16.5. The van der Waals surface area contributed by atoms with Gasteiger partial charge in [0, 0.05) is 18.7 Å². The molecule has 10 heteroatoms. The van der Waals surface area contributed by atoms with E-state index in [2.05, 4.69) is 9.97 Å². The molecule has 1 aliphatic rings. The average Bonchev–Trinajstić information content (AvgIpc) is 3.37. The first-order valence-corrected chi connectivity index (χ1v) is 11.1. The molecule has 0 spiro atoms. The number of para-hydroxylation sites is 1. The zero-order chi connectivity index (χ0) is 24.4. The summed E-state index contributed by atoms with van der Waals surface area (Å²) in [5.74, 6) is -1.36. The molecule has 3 aromatic rings. The zero-order valence-electron chi connectivity index (χ0n) is 19.3. The lowest BCUT2D eigenvalue weighted by molar-refractivity contribution is -0.149. The quantitative estimate of drug-likeness (QED) is 0.521. The molecule has 1 amide bonds. The fourth-order valence-corrected chi connectivity index (χ4v) is 4.12. The van der Waals surface area contributed by atoms with Crippen LogP contribution in [0.3, 0.4) is 0 Å². The van der Waals surface area contributed by atoms with Gasteiger partial charge >= 0.3 is 11.9 Å². The largest absolute Gasteiger partial charge is 0.462 e. The summed E-state index contributed by atoms with van der Waals surface area (Å²) in [5.41, 5.74) is 8.19. The van der Waals surface area contributed by atoms with E-state index in [0.717, 1.165) is 17.7 Å². The Morgan fingerprint density at radius 3 is 2.71 bits per heavy atom. The summed E-state index contributed by atoms with van der Waals surface area (Å²) in [7, 11) is 0. The van der Waals surface area contributed by atoms with Crippen LogP contribution < -0.4 is 10.6 Å². The van der Waals surface area contributed by atoms with Crippen molar-refractivity contribution in [3.05, 3.63) is 47.0 Å². The second-order valence-electron chi connectivity index (χ2n) is 7.95. The van der Waals surface area contributed by atoms with Crippen molar-refractivity contribution in [2.24, 2.45) is 5.92 Å². The number of anilines is 2. The maximum absolute atomic E-state index is 12.7. The van der Waals surface area contributed by atoms with E-state index in [-0.39, 0.29) is 60.4 Å². The van der Waals surface area contributed by atoms with Gasteiger partial charge in [-0.1, -0.05) is 25.1 Å². The predicted molar refractivity (Wildman–Crippen MR) is 123 cm³/mol. The Bertz CT molecular complexity index is 1270. The van der Waals surface area contributed by atoms with E-state index in [4.69, 9.17) is 19.6 Å². The standard InChI is InChI=1S/C24H26N4O6/c1-4-14-8-6-7-9-16(14)28-11-15(10-18(28)29)23(30)33-12-17-26-21(25)20-19(24(31)32-5-2)13(3)34-22(20)27-17/h6-9,15H,4-5,10-12H2,1-3H3,(H2,25,26,27). The van der Waals surface area contributed by atoms with Crippen molar-refractivity contribution >= 4 is 40.5 Å². The number of fused-ring (bicyclic) bond motifs is 1. The first kappa shape index (κ1) is 23.2. The maximum Gasteiger partial charge on any atom is 0.342 e. The number of carbonyl (C=O) groups is 3. The smallest absolute Gasteiger partial charge is 0.342 e. The topological polar surface area (TPSA) is 138 Å². The summed E-state index contributed by atoms with van der Waals surface area (Å²) in [6.45, 7) is 5.52. The molecule has 2 N–H and O–H groups in total. The van der Waals surface area contributed by atoms with E-state index in [1.54, 1.807) is 18.7 Å². The van der Waals surface area contributed by atoms with Crippen molar-refractivity contribution in [2.75, 3.05) is 23.8 Å². The molecule has 1 aromatic carbocycles. The van der Waals surface area contributed by atoms with Crippen LogP contribution in [0.25, 0.3) is 11.1 Å². The molecule has 1 aliphatic heterocycles. The van der Waals surface area contributed by atoms with Gasteiger partial charge in [0.25, 0.3) is 0 Å². The van der Waals surface area contributed by atoms with Gasteiger partial charge in [0.1, 0.15) is 17.1 Å². The predicted octanol–water partition coefficient (Wildman–Crippen LogP) is 2.95. The van der Waals surface area contributed by atoms with Crippen LogP contribution in [0.1, 0.15) is 47.8 Å². The van der Waals surface area contributed by atoms with E-state index in [1.165, 1.54) is 0 Å². The Balaban J connectivity index is 1.46. The van der Waals surface area contributed by atoms with Crippen LogP contribution in [-0.2, 0) is 32.1 Å². The molecule has 0 aliphatic carbocycles. The normalized spacial score (nSPS) is 15.7. The number of amides is 1. The Hall–Kier alpha value is -3.95. The highest BCUT2D eigenvalue weighted by molar-refractivity contribution is 6.07. The minimum Gasteiger partial charge on any atom is -0.462 e. The van der Waals surface area contributed by atoms with E-state index >= 15 is 0 Å². The van der Waals surface area contributed by atoms with E-state index in [0.29, 0.717) is 5.76 Å². The third-order valence-corrected chi connectivity index (χ3v) is 5.75. The number of nitrogens with zero attached hydrogens (tertiary/aromatic N) is 3. The van der Waals surface area contributed by atoms with Gasteiger partial charge in [0.05, 0.1) is 17.9 Å². The fourth-order valence-electron chi connectivity index (χ4n) is 4.12. The molecule has 1 unspecified atom stereocenters. The highest BCUT2D eigenvalue weighted by Gasteiger charge is 2.37. The molecule has 178 valence electrons. The lowest BCUT2D eigenvalue weighted by Gasteiger charge is -2.19. The van der Waals surface area contributed by atoms with Crippen LogP contribution in [0.4, 0.5) is 11.5 Å². The van der Waals surface area contributed by atoms with Crippen LogP contribution in [-0.4, -0.2) is 41.0 Å². The van der Waals surface area contributed by atoms with Gasteiger partial charge in [-0.25, -0.2) is 9.78 Å². The molecule has 3 heterocycles. The van der Waals surface area contributed by atoms with Crippen molar-refractivity contribution in [3.63, 3.8) is 0 Å². The molecule has 0 saturated carbocycles. The lowest BCUT2D eigenvalue weighted by Crippen LogP contribution is -2.27. The van der Waals surface area contributed by atoms with Gasteiger partial charge < -0.3 is 24.5 Å². The Morgan fingerprint density at radius 1 is 1.21 bits per heavy atom. The molecular formula is C24H26N4O6. The van der Waals surface area contributed by atoms with Crippen molar-refractivity contribution in [2.45, 2.75) is 40.2 Å². The molecule has 1 fully saturated rings. The van der Waals surface area contributed by atoms with Crippen LogP contribution in [0.15, 0.2) is 28.7 Å². The maximum atomic E-state index is 12.7. The van der Waals surface area contributed by atoms with E-state index in [1.807, 2.05) is 31.2 Å². The van der Waals surface area contributed by atoms with Gasteiger partial charge in [-0.2, -0.15) is 4.98 Å². The van der Waals surface area contributed by atoms with Gasteiger partial charge in [-0.15, -0.1) is 0 Å². The fraction of sp³-hybridized carbons (Fsp3) is 0.375.